The Hall–Kier alpha value is -1.96. The van der Waals surface area contributed by atoms with Crippen LogP contribution in [0.3, 0.4) is 0 Å². The first kappa shape index (κ1) is 21.1. The minimum Gasteiger partial charge on any atom is -0.370 e. The SMILES string of the molecule is CCN(c1ccccc1)C(C)(C)C.CN(c1ccccc1)C(C)(C)C. The fourth-order valence-corrected chi connectivity index (χ4v) is 2.69. The van der Waals surface area contributed by atoms with Crippen molar-refractivity contribution in [1.29, 1.82) is 0 Å². The van der Waals surface area contributed by atoms with Gasteiger partial charge in [-0.05, 0) is 72.7 Å². The van der Waals surface area contributed by atoms with E-state index in [-0.39, 0.29) is 11.1 Å². The lowest BCUT2D eigenvalue weighted by Crippen LogP contribution is -2.41. The molecule has 138 valence electrons. The van der Waals surface area contributed by atoms with Crippen LogP contribution in [0.5, 0.6) is 0 Å². The van der Waals surface area contributed by atoms with E-state index < -0.39 is 0 Å². The predicted molar refractivity (Wildman–Crippen MR) is 114 cm³/mol. The highest BCUT2D eigenvalue weighted by molar-refractivity contribution is 5.48. The zero-order valence-electron chi connectivity index (χ0n) is 17.4. The molecule has 0 saturated carbocycles. The lowest BCUT2D eigenvalue weighted by atomic mass is 10.1. The summed E-state index contributed by atoms with van der Waals surface area (Å²) in [6, 6.07) is 21.0. The summed E-state index contributed by atoms with van der Waals surface area (Å²) in [5.74, 6) is 0. The van der Waals surface area contributed by atoms with Crippen molar-refractivity contribution in [3.63, 3.8) is 0 Å². The van der Waals surface area contributed by atoms with Gasteiger partial charge in [-0.1, -0.05) is 36.4 Å². The molecular weight excluding hydrogens is 304 g/mol. The maximum atomic E-state index is 2.40. The second kappa shape index (κ2) is 8.94. The third-order valence-electron chi connectivity index (χ3n) is 4.34. The standard InChI is InChI=1S/C12H19N.C11H17N/c1-5-13(12(2,3)4)11-9-7-6-8-10-11;1-11(2,3)12(4)10-8-6-5-7-9-10/h6-10H,5H2,1-4H3;5-9H,1-4H3. The lowest BCUT2D eigenvalue weighted by molar-refractivity contribution is 0.513. The first-order valence-corrected chi connectivity index (χ1v) is 9.19. The molecule has 0 fully saturated rings. The van der Waals surface area contributed by atoms with Gasteiger partial charge in [0.2, 0.25) is 0 Å². The van der Waals surface area contributed by atoms with Crippen molar-refractivity contribution in [3.05, 3.63) is 60.7 Å². The molecule has 0 aliphatic carbocycles. The molecule has 0 amide bonds. The summed E-state index contributed by atoms with van der Waals surface area (Å²) in [4.78, 5) is 4.67. The normalized spacial score (nSPS) is 11.4. The highest BCUT2D eigenvalue weighted by Crippen LogP contribution is 2.22. The molecule has 0 aromatic heterocycles. The quantitative estimate of drug-likeness (QED) is 0.653. The van der Waals surface area contributed by atoms with Crippen molar-refractivity contribution in [3.8, 4) is 0 Å². The Kier molecular flexibility index (Phi) is 7.54. The Morgan fingerprint density at radius 1 is 0.640 bits per heavy atom. The van der Waals surface area contributed by atoms with Gasteiger partial charge in [0.15, 0.2) is 0 Å². The maximum Gasteiger partial charge on any atom is 0.0370 e. The molecule has 25 heavy (non-hydrogen) atoms. The van der Waals surface area contributed by atoms with Crippen molar-refractivity contribution in [1.82, 2.24) is 0 Å². The number of anilines is 2. The van der Waals surface area contributed by atoms with Crippen molar-refractivity contribution in [2.45, 2.75) is 59.5 Å². The van der Waals surface area contributed by atoms with Gasteiger partial charge >= 0.3 is 0 Å². The first-order chi connectivity index (χ1) is 11.6. The molecule has 0 atom stereocenters. The molecule has 0 bridgehead atoms. The van der Waals surface area contributed by atoms with Crippen molar-refractivity contribution in [2.24, 2.45) is 0 Å². The minimum absolute atomic E-state index is 0.196. The average Bonchev–Trinajstić information content (AvgIpc) is 2.55. The van der Waals surface area contributed by atoms with Crippen LogP contribution >= 0.6 is 0 Å². The Bertz CT molecular complexity index is 591. The van der Waals surface area contributed by atoms with Gasteiger partial charge in [0.05, 0.1) is 0 Å². The second-order valence-corrected chi connectivity index (χ2v) is 8.32. The van der Waals surface area contributed by atoms with E-state index >= 15 is 0 Å². The molecule has 2 rings (SSSR count). The van der Waals surface area contributed by atoms with Crippen LogP contribution in [0.1, 0.15) is 48.5 Å². The predicted octanol–water partition coefficient (Wildman–Crippen LogP) is 6.23. The Balaban J connectivity index is 0.000000251. The van der Waals surface area contributed by atoms with Gasteiger partial charge in [0, 0.05) is 36.0 Å². The molecule has 0 N–H and O–H groups in total. The van der Waals surface area contributed by atoms with Crippen LogP contribution in [0.15, 0.2) is 60.7 Å². The molecule has 0 aliphatic heterocycles. The highest BCUT2D eigenvalue weighted by atomic mass is 15.2. The number of rotatable bonds is 3. The van der Waals surface area contributed by atoms with Crippen molar-refractivity contribution in [2.75, 3.05) is 23.4 Å². The Labute approximate surface area is 155 Å². The summed E-state index contributed by atoms with van der Waals surface area (Å²) < 4.78 is 0. The Morgan fingerprint density at radius 2 is 1.04 bits per heavy atom. The maximum absolute atomic E-state index is 2.40. The van der Waals surface area contributed by atoms with Crippen LogP contribution in [0, 0.1) is 0 Å². The van der Waals surface area contributed by atoms with Crippen LogP contribution < -0.4 is 9.80 Å². The number of nitrogens with zero attached hydrogens (tertiary/aromatic N) is 2. The van der Waals surface area contributed by atoms with E-state index in [4.69, 9.17) is 0 Å². The minimum atomic E-state index is 0.196. The summed E-state index contributed by atoms with van der Waals surface area (Å²) >= 11 is 0. The summed E-state index contributed by atoms with van der Waals surface area (Å²) in [5, 5.41) is 0. The van der Waals surface area contributed by atoms with Crippen LogP contribution in [-0.4, -0.2) is 24.7 Å². The highest BCUT2D eigenvalue weighted by Gasteiger charge is 2.19. The van der Waals surface area contributed by atoms with E-state index in [0.29, 0.717) is 0 Å². The Morgan fingerprint density at radius 3 is 1.36 bits per heavy atom. The van der Waals surface area contributed by atoms with E-state index in [1.807, 2.05) is 6.07 Å². The molecule has 2 aromatic carbocycles. The molecule has 0 aliphatic rings. The summed E-state index contributed by atoms with van der Waals surface area (Å²) in [7, 11) is 2.12. The van der Waals surface area contributed by atoms with Crippen molar-refractivity contribution >= 4 is 11.4 Å². The molecule has 0 unspecified atom stereocenters. The van der Waals surface area contributed by atoms with Crippen LogP contribution in [0.2, 0.25) is 0 Å². The number of para-hydroxylation sites is 2. The van der Waals surface area contributed by atoms with Crippen molar-refractivity contribution < 1.29 is 0 Å². The molecule has 2 aromatic rings. The van der Waals surface area contributed by atoms with Crippen LogP contribution in [0.4, 0.5) is 11.4 Å². The fraction of sp³-hybridized carbons (Fsp3) is 0.478. The molecular formula is C23H36N2. The summed E-state index contributed by atoms with van der Waals surface area (Å²) in [6.45, 7) is 16.6. The van der Waals surface area contributed by atoms with Gasteiger partial charge in [-0.25, -0.2) is 0 Å². The number of hydrogen-bond acceptors (Lipinski definition) is 2. The molecule has 0 heterocycles. The molecule has 2 heteroatoms. The smallest absolute Gasteiger partial charge is 0.0370 e. The van der Waals surface area contributed by atoms with Gasteiger partial charge in [0.25, 0.3) is 0 Å². The van der Waals surface area contributed by atoms with Crippen LogP contribution in [0.25, 0.3) is 0 Å². The van der Waals surface area contributed by atoms with Gasteiger partial charge < -0.3 is 9.80 Å². The second-order valence-electron chi connectivity index (χ2n) is 8.32. The van der Waals surface area contributed by atoms with E-state index in [1.165, 1.54) is 11.4 Å². The number of benzene rings is 2. The van der Waals surface area contributed by atoms with Gasteiger partial charge in [-0.15, -0.1) is 0 Å². The van der Waals surface area contributed by atoms with E-state index in [9.17, 15) is 0 Å². The lowest BCUT2D eigenvalue weighted by Gasteiger charge is -2.36. The first-order valence-electron chi connectivity index (χ1n) is 9.19. The zero-order chi connectivity index (χ0) is 19.1. The van der Waals surface area contributed by atoms with E-state index in [0.717, 1.165) is 6.54 Å². The van der Waals surface area contributed by atoms with Gasteiger partial charge in [-0.2, -0.15) is 0 Å². The largest absolute Gasteiger partial charge is 0.370 e. The zero-order valence-corrected chi connectivity index (χ0v) is 17.4. The van der Waals surface area contributed by atoms with E-state index in [2.05, 4.69) is 120 Å². The molecule has 0 saturated heterocycles. The third kappa shape index (κ3) is 6.81. The average molecular weight is 341 g/mol. The summed E-state index contributed by atoms with van der Waals surface area (Å²) in [6.07, 6.45) is 0. The third-order valence-corrected chi connectivity index (χ3v) is 4.34. The molecule has 0 radical (unpaired) electrons. The van der Waals surface area contributed by atoms with Gasteiger partial charge in [0.1, 0.15) is 0 Å². The van der Waals surface area contributed by atoms with E-state index in [1.54, 1.807) is 0 Å². The molecule has 0 spiro atoms. The van der Waals surface area contributed by atoms with Gasteiger partial charge in [-0.3, -0.25) is 0 Å². The van der Waals surface area contributed by atoms with Crippen LogP contribution in [-0.2, 0) is 0 Å². The summed E-state index contributed by atoms with van der Waals surface area (Å²) in [5.41, 5.74) is 2.97. The number of hydrogen-bond donors (Lipinski definition) is 0. The topological polar surface area (TPSA) is 6.48 Å². The monoisotopic (exact) mass is 340 g/mol. The molecule has 2 nitrogen and oxygen atoms in total. The fourth-order valence-electron chi connectivity index (χ4n) is 2.69.